The maximum absolute atomic E-state index is 10.5. The first-order valence-electron chi connectivity index (χ1n) is 3.45. The zero-order chi connectivity index (χ0) is 9.78. The predicted octanol–water partition coefficient (Wildman–Crippen LogP) is -0.526. The van der Waals surface area contributed by atoms with Crippen LogP contribution in [-0.4, -0.2) is 26.7 Å². The van der Waals surface area contributed by atoms with Gasteiger partial charge in [-0.3, -0.25) is 4.79 Å². The summed E-state index contributed by atoms with van der Waals surface area (Å²) in [6.07, 6.45) is 0. The summed E-state index contributed by atoms with van der Waals surface area (Å²) in [4.78, 5) is 10.3. The zero-order valence-corrected chi connectivity index (χ0v) is 7.93. The van der Waals surface area contributed by atoms with Gasteiger partial charge in [-0.15, -0.1) is 0 Å². The van der Waals surface area contributed by atoms with Crippen LogP contribution in [0.2, 0.25) is 0 Å². The molecule has 0 bridgehead atoms. The molecule has 0 rings (SSSR count). The Morgan fingerprint density at radius 3 is 2.42 bits per heavy atom. The van der Waals surface area contributed by atoms with E-state index in [-0.39, 0.29) is 18.3 Å². The molecule has 0 heterocycles. The number of hydrogen-bond acceptors (Lipinski definition) is 4. The van der Waals surface area contributed by atoms with Gasteiger partial charge < -0.3 is 4.74 Å². The third-order valence-corrected chi connectivity index (χ3v) is 2.12. The first-order valence-corrected chi connectivity index (χ1v) is 5.16. The number of primary sulfonamides is 1. The van der Waals surface area contributed by atoms with Gasteiger partial charge in [-0.05, 0) is 0 Å². The van der Waals surface area contributed by atoms with Crippen molar-refractivity contribution in [3.63, 3.8) is 0 Å². The monoisotopic (exact) mass is 195 g/mol. The van der Waals surface area contributed by atoms with E-state index in [2.05, 4.69) is 4.74 Å². The highest BCUT2D eigenvalue weighted by molar-refractivity contribution is 7.89. The van der Waals surface area contributed by atoms with Gasteiger partial charge in [-0.2, -0.15) is 0 Å². The molecule has 0 radical (unpaired) electrons. The maximum atomic E-state index is 10.5. The average molecular weight is 195 g/mol. The molecule has 6 heteroatoms. The van der Waals surface area contributed by atoms with Gasteiger partial charge in [0.05, 0.1) is 12.4 Å². The van der Waals surface area contributed by atoms with Crippen LogP contribution < -0.4 is 5.14 Å². The largest absolute Gasteiger partial charge is 0.466 e. The fraction of sp³-hybridized carbons (Fsp3) is 0.833. The minimum absolute atomic E-state index is 0.0891. The lowest BCUT2D eigenvalue weighted by atomic mass is 10.2. The topological polar surface area (TPSA) is 86.5 Å². The Bertz CT molecular complexity index is 246. The number of hydrogen-bond donors (Lipinski definition) is 1. The molecule has 0 saturated heterocycles. The lowest BCUT2D eigenvalue weighted by molar-refractivity contribution is -0.141. The van der Waals surface area contributed by atoms with E-state index in [9.17, 15) is 13.2 Å². The quantitative estimate of drug-likeness (QED) is 0.611. The van der Waals surface area contributed by atoms with Gasteiger partial charge in [0.25, 0.3) is 0 Å². The van der Waals surface area contributed by atoms with Crippen molar-refractivity contribution in [2.24, 2.45) is 11.1 Å². The Morgan fingerprint density at radius 1 is 1.58 bits per heavy atom. The van der Waals surface area contributed by atoms with Gasteiger partial charge >= 0.3 is 5.97 Å². The summed E-state index contributed by atoms with van der Waals surface area (Å²) in [7, 11) is -3.46. The lowest BCUT2D eigenvalue weighted by Gasteiger charge is -2.08. The molecule has 0 amide bonds. The Kier molecular flexibility index (Phi) is 4.19. The minimum atomic E-state index is -3.46. The van der Waals surface area contributed by atoms with Gasteiger partial charge in [0.2, 0.25) is 10.0 Å². The van der Waals surface area contributed by atoms with Crippen LogP contribution in [0.25, 0.3) is 0 Å². The van der Waals surface area contributed by atoms with E-state index >= 15 is 0 Å². The molecular formula is C6H13NO4S. The molecule has 0 aliphatic carbocycles. The highest BCUT2D eigenvalue weighted by Gasteiger charge is 2.11. The van der Waals surface area contributed by atoms with Crippen LogP contribution in [0.3, 0.4) is 0 Å². The van der Waals surface area contributed by atoms with Crippen LogP contribution in [0.4, 0.5) is 0 Å². The van der Waals surface area contributed by atoms with Crippen molar-refractivity contribution in [2.45, 2.75) is 13.8 Å². The minimum Gasteiger partial charge on any atom is -0.466 e. The van der Waals surface area contributed by atoms with Crippen molar-refractivity contribution >= 4 is 16.0 Å². The van der Waals surface area contributed by atoms with E-state index in [4.69, 9.17) is 5.14 Å². The van der Waals surface area contributed by atoms with E-state index < -0.39 is 16.0 Å². The van der Waals surface area contributed by atoms with E-state index in [0.717, 1.165) is 0 Å². The molecule has 12 heavy (non-hydrogen) atoms. The SMILES string of the molecule is CC(=O)OCC(C)CS(N)(=O)=O. The highest BCUT2D eigenvalue weighted by atomic mass is 32.2. The summed E-state index contributed by atoms with van der Waals surface area (Å²) in [5, 5.41) is 4.77. The molecule has 0 spiro atoms. The number of esters is 1. The first kappa shape index (κ1) is 11.4. The van der Waals surface area contributed by atoms with Crippen molar-refractivity contribution < 1.29 is 17.9 Å². The van der Waals surface area contributed by atoms with E-state index in [1.165, 1.54) is 6.92 Å². The van der Waals surface area contributed by atoms with Crippen LogP contribution in [0.1, 0.15) is 13.8 Å². The maximum Gasteiger partial charge on any atom is 0.302 e. The van der Waals surface area contributed by atoms with Gasteiger partial charge in [0.15, 0.2) is 0 Å². The second-order valence-electron chi connectivity index (χ2n) is 2.74. The molecule has 5 nitrogen and oxygen atoms in total. The van der Waals surface area contributed by atoms with Gasteiger partial charge in [0, 0.05) is 12.8 Å². The Hall–Kier alpha value is -0.620. The fourth-order valence-corrected chi connectivity index (χ4v) is 1.59. The van der Waals surface area contributed by atoms with Crippen molar-refractivity contribution in [3.05, 3.63) is 0 Å². The number of rotatable bonds is 4. The second-order valence-corrected chi connectivity index (χ2v) is 4.40. The molecule has 0 aromatic rings. The summed E-state index contributed by atoms with van der Waals surface area (Å²) in [6.45, 7) is 3.00. The van der Waals surface area contributed by atoms with Crippen LogP contribution in [0.15, 0.2) is 0 Å². The zero-order valence-electron chi connectivity index (χ0n) is 7.11. The smallest absolute Gasteiger partial charge is 0.302 e. The molecular weight excluding hydrogens is 182 g/mol. The molecule has 0 aliphatic rings. The fourth-order valence-electron chi connectivity index (χ4n) is 0.704. The molecule has 72 valence electrons. The Labute approximate surface area is 71.9 Å². The molecule has 0 aromatic heterocycles. The van der Waals surface area contributed by atoms with Gasteiger partial charge in [-0.25, -0.2) is 13.6 Å². The third kappa shape index (κ3) is 7.49. The third-order valence-electron chi connectivity index (χ3n) is 1.09. The normalized spacial score (nSPS) is 13.9. The van der Waals surface area contributed by atoms with Crippen molar-refractivity contribution in [3.8, 4) is 0 Å². The number of carbonyl (C=O) groups is 1. The van der Waals surface area contributed by atoms with Gasteiger partial charge in [-0.1, -0.05) is 6.92 Å². The summed E-state index contributed by atoms with van der Waals surface area (Å²) in [6, 6.07) is 0. The first-order chi connectivity index (χ1) is 5.31. The van der Waals surface area contributed by atoms with Crippen LogP contribution >= 0.6 is 0 Å². The highest BCUT2D eigenvalue weighted by Crippen LogP contribution is 1.98. The lowest BCUT2D eigenvalue weighted by Crippen LogP contribution is -2.24. The van der Waals surface area contributed by atoms with Crippen LogP contribution in [0, 0.1) is 5.92 Å². The molecule has 1 unspecified atom stereocenters. The van der Waals surface area contributed by atoms with Crippen molar-refractivity contribution in [1.82, 2.24) is 0 Å². The predicted molar refractivity (Wildman–Crippen MR) is 43.8 cm³/mol. The number of ether oxygens (including phenoxy) is 1. The molecule has 0 fully saturated rings. The van der Waals surface area contributed by atoms with Crippen LogP contribution in [0.5, 0.6) is 0 Å². The number of nitrogens with two attached hydrogens (primary N) is 1. The van der Waals surface area contributed by atoms with Crippen molar-refractivity contribution in [1.29, 1.82) is 0 Å². The Balaban J connectivity index is 3.75. The van der Waals surface area contributed by atoms with E-state index in [1.54, 1.807) is 6.92 Å². The molecule has 1 atom stereocenters. The molecule has 0 aliphatic heterocycles. The Morgan fingerprint density at radius 2 is 2.08 bits per heavy atom. The molecule has 2 N–H and O–H groups in total. The molecule has 0 aromatic carbocycles. The summed E-state index contributed by atoms with van der Waals surface area (Å²) in [5.74, 6) is -0.847. The summed E-state index contributed by atoms with van der Waals surface area (Å²) in [5.41, 5.74) is 0. The van der Waals surface area contributed by atoms with Crippen molar-refractivity contribution in [2.75, 3.05) is 12.4 Å². The summed E-state index contributed by atoms with van der Waals surface area (Å²) < 4.78 is 25.6. The van der Waals surface area contributed by atoms with E-state index in [1.807, 2.05) is 0 Å². The number of carbonyl (C=O) groups excluding carboxylic acids is 1. The van der Waals surface area contributed by atoms with E-state index in [0.29, 0.717) is 0 Å². The average Bonchev–Trinajstić information content (AvgIpc) is 1.79. The standard InChI is InChI=1S/C6H13NO4S/c1-5(3-11-6(2)8)4-12(7,9)10/h5H,3-4H2,1-2H3,(H2,7,9,10). The molecule has 0 saturated carbocycles. The number of sulfonamides is 1. The van der Waals surface area contributed by atoms with Crippen LogP contribution in [-0.2, 0) is 19.6 Å². The second kappa shape index (κ2) is 4.42. The summed E-state index contributed by atoms with van der Waals surface area (Å²) >= 11 is 0. The van der Waals surface area contributed by atoms with Gasteiger partial charge in [0.1, 0.15) is 0 Å².